The fourth-order valence-electron chi connectivity index (χ4n) is 1.53. The Morgan fingerprint density at radius 3 is 1.85 bits per heavy atom. The molecule has 0 amide bonds. The topological polar surface area (TPSA) is 18.5 Å². The Bertz CT molecular complexity index is 214. The van der Waals surface area contributed by atoms with Crippen molar-refractivity contribution in [3.05, 3.63) is 0 Å². The molecule has 0 spiro atoms. The average molecular weight is 247 g/mol. The van der Waals surface area contributed by atoms with Crippen molar-refractivity contribution >= 4 is 23.0 Å². The molecule has 74 valence electrons. The molecule has 2 unspecified atom stereocenters. The highest BCUT2D eigenvalue weighted by Gasteiger charge is 2.59. The van der Waals surface area contributed by atoms with Crippen LogP contribution in [0.3, 0.4) is 0 Å². The first-order valence-electron chi connectivity index (χ1n) is 4.83. The number of halogens is 1. The predicted octanol–water partition coefficient (Wildman–Crippen LogP) is 2.62. The number of rotatable bonds is 1. The van der Waals surface area contributed by atoms with Crippen molar-refractivity contribution in [1.29, 1.82) is 0 Å². The normalized spacial score (nSPS) is 40.8. The van der Waals surface area contributed by atoms with Gasteiger partial charge in [0.15, 0.2) is 0 Å². The molecule has 2 atom stereocenters. The van der Waals surface area contributed by atoms with E-state index in [1.807, 2.05) is 0 Å². The molecule has 4 heteroatoms. The summed E-state index contributed by atoms with van der Waals surface area (Å²) in [4.78, 5) is 0.599. The van der Waals surface area contributed by atoms with Crippen molar-refractivity contribution in [2.45, 2.75) is 56.0 Å². The number of hydrogen-bond donors (Lipinski definition) is 0. The van der Waals surface area contributed by atoms with Crippen LogP contribution in [0.4, 0.5) is 0 Å². The van der Waals surface area contributed by atoms with E-state index >= 15 is 0 Å². The average Bonchev–Trinajstić information content (AvgIpc) is 2.58. The molecule has 0 N–H and O–H groups in total. The van der Waals surface area contributed by atoms with Gasteiger partial charge in [-0.05, 0) is 34.1 Å². The minimum absolute atomic E-state index is 0.00521. The van der Waals surface area contributed by atoms with Gasteiger partial charge in [-0.3, -0.25) is 0 Å². The zero-order valence-corrected chi connectivity index (χ0v) is 10.2. The molecule has 0 aromatic rings. The molecule has 1 saturated heterocycles. The maximum absolute atomic E-state index is 5.91. The highest BCUT2D eigenvalue weighted by atomic mass is 79.9. The van der Waals surface area contributed by atoms with Crippen molar-refractivity contribution in [1.82, 2.24) is 0 Å². The number of hydrogen-bond acceptors (Lipinski definition) is 2. The van der Waals surface area contributed by atoms with Crippen LogP contribution in [-0.2, 0) is 9.31 Å². The Morgan fingerprint density at radius 1 is 1.15 bits per heavy atom. The molecule has 2 rings (SSSR count). The van der Waals surface area contributed by atoms with E-state index in [1.54, 1.807) is 0 Å². The third kappa shape index (κ3) is 1.57. The lowest BCUT2D eigenvalue weighted by molar-refractivity contribution is 0.00578. The fraction of sp³-hybridized carbons (Fsp3) is 1.00. The molecular weight excluding hydrogens is 231 g/mol. The van der Waals surface area contributed by atoms with Gasteiger partial charge >= 0.3 is 7.12 Å². The lowest BCUT2D eigenvalue weighted by atomic mass is 9.82. The van der Waals surface area contributed by atoms with E-state index in [4.69, 9.17) is 9.31 Å². The van der Waals surface area contributed by atoms with Crippen molar-refractivity contribution in [3.8, 4) is 0 Å². The van der Waals surface area contributed by atoms with Gasteiger partial charge in [0, 0.05) is 10.6 Å². The molecule has 13 heavy (non-hydrogen) atoms. The zero-order chi connectivity index (χ0) is 9.85. The Labute approximate surface area is 88.6 Å². The Morgan fingerprint density at radius 2 is 1.54 bits per heavy atom. The molecule has 0 bridgehead atoms. The summed E-state index contributed by atoms with van der Waals surface area (Å²) in [5.41, 5.74) is -0.347. The summed E-state index contributed by atoms with van der Waals surface area (Å²) < 4.78 is 11.8. The van der Waals surface area contributed by atoms with Crippen LogP contribution in [0.2, 0.25) is 5.82 Å². The third-order valence-electron chi connectivity index (χ3n) is 3.38. The van der Waals surface area contributed by atoms with E-state index in [-0.39, 0.29) is 18.3 Å². The van der Waals surface area contributed by atoms with Gasteiger partial charge in [-0.2, -0.15) is 0 Å². The molecule has 2 fully saturated rings. The van der Waals surface area contributed by atoms with Gasteiger partial charge in [0.1, 0.15) is 0 Å². The van der Waals surface area contributed by atoms with Crippen LogP contribution in [0, 0.1) is 0 Å². The van der Waals surface area contributed by atoms with E-state index in [9.17, 15) is 0 Å². The van der Waals surface area contributed by atoms with Crippen LogP contribution in [0.25, 0.3) is 0 Å². The van der Waals surface area contributed by atoms with Crippen LogP contribution in [0.1, 0.15) is 34.1 Å². The maximum Gasteiger partial charge on any atom is 0.462 e. The summed E-state index contributed by atoms with van der Waals surface area (Å²) >= 11 is 3.57. The van der Waals surface area contributed by atoms with Gasteiger partial charge in [0.25, 0.3) is 0 Å². The van der Waals surface area contributed by atoms with E-state index < -0.39 is 0 Å². The van der Waals surface area contributed by atoms with Crippen LogP contribution in [-0.4, -0.2) is 23.1 Å². The van der Waals surface area contributed by atoms with Crippen LogP contribution < -0.4 is 0 Å². The third-order valence-corrected chi connectivity index (χ3v) is 4.43. The van der Waals surface area contributed by atoms with Gasteiger partial charge in [-0.25, -0.2) is 0 Å². The van der Waals surface area contributed by atoms with Crippen LogP contribution in [0.5, 0.6) is 0 Å². The van der Waals surface area contributed by atoms with Gasteiger partial charge in [-0.15, -0.1) is 0 Å². The largest absolute Gasteiger partial charge is 0.462 e. The second kappa shape index (κ2) is 2.74. The standard InChI is InChI=1S/C9H16BBrO2/c1-8(2)9(3,4)13-10(12-8)6-5-7(6)11/h6-7H,5H2,1-4H3. The summed E-state index contributed by atoms with van der Waals surface area (Å²) in [6.45, 7) is 8.38. The van der Waals surface area contributed by atoms with Gasteiger partial charge < -0.3 is 9.31 Å². The molecule has 1 aliphatic heterocycles. The summed E-state index contributed by atoms with van der Waals surface area (Å²) in [5.74, 6) is 0.557. The number of alkyl halides is 1. The zero-order valence-electron chi connectivity index (χ0n) is 8.63. The lowest BCUT2D eigenvalue weighted by Crippen LogP contribution is -2.41. The second-order valence-corrected chi connectivity index (χ2v) is 6.22. The monoisotopic (exact) mass is 246 g/mol. The molecule has 2 nitrogen and oxygen atoms in total. The molecule has 0 radical (unpaired) electrons. The molecule has 1 aliphatic carbocycles. The van der Waals surface area contributed by atoms with Gasteiger partial charge in [-0.1, -0.05) is 15.9 Å². The second-order valence-electron chi connectivity index (χ2n) is 5.04. The van der Waals surface area contributed by atoms with Crippen LogP contribution in [0.15, 0.2) is 0 Å². The molecule has 1 saturated carbocycles. The van der Waals surface area contributed by atoms with Crippen molar-refractivity contribution < 1.29 is 9.31 Å². The van der Waals surface area contributed by atoms with Crippen LogP contribution >= 0.6 is 15.9 Å². The minimum Gasteiger partial charge on any atom is -0.403 e. The summed E-state index contributed by atoms with van der Waals surface area (Å²) in [7, 11) is -0.00521. The molecular formula is C9H16BBrO2. The molecule has 2 aliphatic rings. The first-order valence-corrected chi connectivity index (χ1v) is 5.75. The van der Waals surface area contributed by atoms with Gasteiger partial charge in [0.2, 0.25) is 0 Å². The van der Waals surface area contributed by atoms with E-state index in [2.05, 4.69) is 43.6 Å². The SMILES string of the molecule is CC1(C)OB(C2CC2Br)OC1(C)C. The van der Waals surface area contributed by atoms with E-state index in [0.29, 0.717) is 10.6 Å². The highest BCUT2D eigenvalue weighted by Crippen LogP contribution is 2.52. The summed E-state index contributed by atoms with van der Waals surface area (Å²) in [5, 5.41) is 0. The fourth-order valence-corrected chi connectivity index (χ4v) is 2.21. The van der Waals surface area contributed by atoms with Crippen molar-refractivity contribution in [3.63, 3.8) is 0 Å². The predicted molar refractivity (Wildman–Crippen MR) is 57.2 cm³/mol. The summed E-state index contributed by atoms with van der Waals surface area (Å²) in [6, 6.07) is 0. The summed E-state index contributed by atoms with van der Waals surface area (Å²) in [6.07, 6.45) is 1.18. The first-order chi connectivity index (χ1) is 5.83. The van der Waals surface area contributed by atoms with Gasteiger partial charge in [0.05, 0.1) is 11.2 Å². The molecule has 0 aromatic carbocycles. The quantitative estimate of drug-likeness (QED) is 0.523. The smallest absolute Gasteiger partial charge is 0.403 e. The highest BCUT2D eigenvalue weighted by molar-refractivity contribution is 9.09. The van der Waals surface area contributed by atoms with Crippen molar-refractivity contribution in [2.75, 3.05) is 0 Å². The lowest BCUT2D eigenvalue weighted by Gasteiger charge is -2.32. The Kier molecular flexibility index (Phi) is 2.11. The maximum atomic E-state index is 5.91. The minimum atomic E-state index is -0.174. The molecule has 1 heterocycles. The first kappa shape index (κ1) is 10.00. The van der Waals surface area contributed by atoms with E-state index in [1.165, 1.54) is 6.42 Å². The molecule has 0 aromatic heterocycles. The van der Waals surface area contributed by atoms with Crippen molar-refractivity contribution in [2.24, 2.45) is 0 Å². The Balaban J connectivity index is 2.07. The Hall–Kier alpha value is 0.465. The van der Waals surface area contributed by atoms with E-state index in [0.717, 1.165) is 0 Å².